The van der Waals surface area contributed by atoms with Crippen LogP contribution in [0.15, 0.2) is 24.3 Å². The van der Waals surface area contributed by atoms with E-state index in [0.29, 0.717) is 29.8 Å². The number of piperidine rings is 1. The predicted octanol–water partition coefficient (Wildman–Crippen LogP) is 3.74. The van der Waals surface area contributed by atoms with Crippen molar-refractivity contribution in [1.82, 2.24) is 10.2 Å². The minimum absolute atomic E-state index is 0.0623. The fraction of sp³-hybridized carbons (Fsp3) is 0.600. The van der Waals surface area contributed by atoms with Gasteiger partial charge >= 0.3 is 12.1 Å². The van der Waals surface area contributed by atoms with Gasteiger partial charge < -0.3 is 20.3 Å². The lowest BCUT2D eigenvalue weighted by Gasteiger charge is -2.36. The molecule has 0 bridgehead atoms. The highest BCUT2D eigenvalue weighted by Gasteiger charge is 2.23. The quantitative estimate of drug-likeness (QED) is 0.706. The normalized spacial score (nSPS) is 21.2. The number of urea groups is 1. The summed E-state index contributed by atoms with van der Waals surface area (Å²) in [5, 5.41) is 8.42. The van der Waals surface area contributed by atoms with Gasteiger partial charge in [-0.3, -0.25) is 5.32 Å². The van der Waals surface area contributed by atoms with E-state index in [0.717, 1.165) is 19.6 Å². The average Bonchev–Trinajstić information content (AvgIpc) is 2.55. The number of likely N-dealkylation sites (tertiary alicyclic amines) is 1. The van der Waals surface area contributed by atoms with Crippen molar-refractivity contribution >= 4 is 23.5 Å². The summed E-state index contributed by atoms with van der Waals surface area (Å²) in [4.78, 5) is 26.0. The molecule has 0 saturated carbocycles. The van der Waals surface area contributed by atoms with Gasteiger partial charge in [0.25, 0.3) is 0 Å². The Morgan fingerprint density at radius 3 is 2.22 bits per heavy atom. The molecule has 3 atom stereocenters. The lowest BCUT2D eigenvalue weighted by molar-refractivity contribution is 0.132. The fourth-order valence-electron chi connectivity index (χ4n) is 3.69. The summed E-state index contributed by atoms with van der Waals surface area (Å²) in [6.45, 7) is 11.7. The highest BCUT2D eigenvalue weighted by Crippen LogP contribution is 2.21. The summed E-state index contributed by atoms with van der Waals surface area (Å²) in [5.41, 5.74) is 1.27. The summed E-state index contributed by atoms with van der Waals surface area (Å²) in [6, 6.07) is 6.73. The van der Waals surface area contributed by atoms with E-state index >= 15 is 0 Å². The predicted molar refractivity (Wildman–Crippen MR) is 108 cm³/mol. The molecule has 1 aromatic rings. The first kappa shape index (κ1) is 21.0. The van der Waals surface area contributed by atoms with Crippen molar-refractivity contribution in [3.63, 3.8) is 0 Å². The number of amides is 3. The molecule has 0 aromatic heterocycles. The number of hydrogen-bond acceptors (Lipinski definition) is 4. The highest BCUT2D eigenvalue weighted by atomic mass is 16.5. The summed E-state index contributed by atoms with van der Waals surface area (Å²) in [5.74, 6) is 1.41. The Balaban J connectivity index is 1.76. The number of carbonyl (C=O) groups excluding carboxylic acids is 2. The van der Waals surface area contributed by atoms with E-state index in [-0.39, 0.29) is 12.1 Å². The molecule has 0 radical (unpaired) electrons. The van der Waals surface area contributed by atoms with Crippen LogP contribution in [-0.4, -0.2) is 49.3 Å². The zero-order chi connectivity index (χ0) is 19.8. The van der Waals surface area contributed by atoms with Crippen LogP contribution < -0.4 is 16.0 Å². The second-order valence-electron chi connectivity index (χ2n) is 7.59. The van der Waals surface area contributed by atoms with Crippen molar-refractivity contribution < 1.29 is 14.3 Å². The molecule has 0 spiro atoms. The van der Waals surface area contributed by atoms with Gasteiger partial charge in [0.1, 0.15) is 0 Å². The van der Waals surface area contributed by atoms with Crippen molar-refractivity contribution in [2.45, 2.75) is 40.2 Å². The van der Waals surface area contributed by atoms with E-state index in [4.69, 9.17) is 4.74 Å². The van der Waals surface area contributed by atoms with Crippen molar-refractivity contribution in [3.05, 3.63) is 24.3 Å². The van der Waals surface area contributed by atoms with Crippen molar-refractivity contribution in [1.29, 1.82) is 0 Å². The molecular formula is C20H32N4O3. The van der Waals surface area contributed by atoms with Gasteiger partial charge in [0.2, 0.25) is 0 Å². The van der Waals surface area contributed by atoms with Gasteiger partial charge in [-0.15, -0.1) is 0 Å². The van der Waals surface area contributed by atoms with E-state index in [1.165, 1.54) is 6.42 Å². The van der Waals surface area contributed by atoms with Crippen LogP contribution in [0.1, 0.15) is 34.1 Å². The van der Waals surface area contributed by atoms with E-state index in [1.807, 2.05) is 6.92 Å². The van der Waals surface area contributed by atoms with Gasteiger partial charge in [0.05, 0.1) is 6.61 Å². The van der Waals surface area contributed by atoms with Crippen LogP contribution in [0.25, 0.3) is 0 Å². The third kappa shape index (κ3) is 7.46. The van der Waals surface area contributed by atoms with Crippen LogP contribution in [0.3, 0.4) is 0 Å². The average molecular weight is 377 g/mol. The molecule has 3 amide bonds. The number of carbonyl (C=O) groups is 2. The molecule has 7 heteroatoms. The molecule has 1 aliphatic rings. The molecule has 1 fully saturated rings. The molecule has 27 heavy (non-hydrogen) atoms. The number of nitrogens with one attached hydrogen (secondary N) is 3. The van der Waals surface area contributed by atoms with E-state index in [2.05, 4.69) is 34.7 Å². The maximum Gasteiger partial charge on any atom is 0.411 e. The van der Waals surface area contributed by atoms with Crippen molar-refractivity contribution in [2.75, 3.05) is 36.9 Å². The monoisotopic (exact) mass is 376 g/mol. The van der Waals surface area contributed by atoms with Crippen LogP contribution in [0.2, 0.25) is 0 Å². The Kier molecular flexibility index (Phi) is 7.91. The first-order valence-electron chi connectivity index (χ1n) is 9.69. The maximum atomic E-state index is 12.2. The van der Waals surface area contributed by atoms with Gasteiger partial charge in [-0.05, 0) is 56.4 Å². The molecule has 7 nitrogen and oxygen atoms in total. The van der Waals surface area contributed by atoms with Gasteiger partial charge in [0.15, 0.2) is 0 Å². The standard InChI is InChI=1S/C20H32N4O3/c1-5-27-20(26)23-18-8-6-17(7-9-18)22-19(25)21-16(4)13-24-11-14(2)10-15(3)12-24/h6-9,14-16H,5,10-13H2,1-4H3,(H,23,26)(H2,21,22,25). The largest absolute Gasteiger partial charge is 0.450 e. The maximum absolute atomic E-state index is 12.2. The molecule has 1 aliphatic heterocycles. The highest BCUT2D eigenvalue weighted by molar-refractivity contribution is 5.90. The summed E-state index contributed by atoms with van der Waals surface area (Å²) in [6.07, 6.45) is 0.783. The topological polar surface area (TPSA) is 82.7 Å². The second kappa shape index (κ2) is 10.2. The van der Waals surface area contributed by atoms with E-state index in [9.17, 15) is 9.59 Å². The van der Waals surface area contributed by atoms with Crippen LogP contribution in [0, 0.1) is 11.8 Å². The Morgan fingerprint density at radius 2 is 1.67 bits per heavy atom. The van der Waals surface area contributed by atoms with Crippen LogP contribution in [0.5, 0.6) is 0 Å². The number of ether oxygens (including phenoxy) is 1. The molecule has 0 aliphatic carbocycles. The number of hydrogen-bond donors (Lipinski definition) is 3. The Morgan fingerprint density at radius 1 is 1.11 bits per heavy atom. The lowest BCUT2D eigenvalue weighted by Crippen LogP contribution is -2.47. The smallest absolute Gasteiger partial charge is 0.411 e. The zero-order valence-corrected chi connectivity index (χ0v) is 16.7. The fourth-order valence-corrected chi connectivity index (χ4v) is 3.69. The van der Waals surface area contributed by atoms with Gasteiger partial charge in [-0.25, -0.2) is 9.59 Å². The number of benzene rings is 1. The molecule has 1 saturated heterocycles. The molecule has 1 aromatic carbocycles. The number of anilines is 2. The molecular weight excluding hydrogens is 344 g/mol. The summed E-state index contributed by atoms with van der Waals surface area (Å²) < 4.78 is 4.83. The van der Waals surface area contributed by atoms with Crippen LogP contribution in [0.4, 0.5) is 21.0 Å². The Bertz CT molecular complexity index is 610. The first-order valence-corrected chi connectivity index (χ1v) is 9.69. The SMILES string of the molecule is CCOC(=O)Nc1ccc(NC(=O)NC(C)CN2CC(C)CC(C)C2)cc1. The zero-order valence-electron chi connectivity index (χ0n) is 16.7. The molecule has 3 unspecified atom stereocenters. The minimum Gasteiger partial charge on any atom is -0.450 e. The van der Waals surface area contributed by atoms with E-state index in [1.54, 1.807) is 31.2 Å². The molecule has 3 N–H and O–H groups in total. The van der Waals surface area contributed by atoms with Crippen LogP contribution in [-0.2, 0) is 4.74 Å². The minimum atomic E-state index is -0.494. The Labute approximate surface area is 161 Å². The second-order valence-corrected chi connectivity index (χ2v) is 7.59. The van der Waals surface area contributed by atoms with Gasteiger partial charge in [-0.1, -0.05) is 13.8 Å². The molecule has 150 valence electrons. The summed E-state index contributed by atoms with van der Waals surface area (Å²) in [7, 11) is 0. The van der Waals surface area contributed by atoms with Gasteiger partial charge in [-0.2, -0.15) is 0 Å². The van der Waals surface area contributed by atoms with Gasteiger partial charge in [0, 0.05) is 37.1 Å². The third-order valence-electron chi connectivity index (χ3n) is 4.52. The van der Waals surface area contributed by atoms with Crippen molar-refractivity contribution in [2.24, 2.45) is 11.8 Å². The Hall–Kier alpha value is -2.28. The first-order chi connectivity index (χ1) is 12.9. The van der Waals surface area contributed by atoms with E-state index < -0.39 is 6.09 Å². The molecule has 2 rings (SSSR count). The summed E-state index contributed by atoms with van der Waals surface area (Å²) >= 11 is 0. The van der Waals surface area contributed by atoms with Crippen molar-refractivity contribution in [3.8, 4) is 0 Å². The van der Waals surface area contributed by atoms with Crippen LogP contribution >= 0.6 is 0 Å². The lowest BCUT2D eigenvalue weighted by atomic mass is 9.92. The molecule has 1 heterocycles. The number of rotatable bonds is 6. The number of nitrogens with zero attached hydrogens (tertiary/aromatic N) is 1. The third-order valence-corrected chi connectivity index (χ3v) is 4.52.